The molecule has 6 nitrogen and oxygen atoms in total. The highest BCUT2D eigenvalue weighted by Gasteiger charge is 2.40. The number of fused-ring (bicyclic) bond motifs is 1. The molecule has 1 aliphatic heterocycles. The van der Waals surface area contributed by atoms with Crippen molar-refractivity contribution in [2.24, 2.45) is 5.41 Å². The van der Waals surface area contributed by atoms with Gasteiger partial charge in [-0.1, -0.05) is 11.3 Å². The average molecular weight is 349 g/mol. The van der Waals surface area contributed by atoms with E-state index in [1.807, 2.05) is 25.1 Å². The zero-order valence-corrected chi connectivity index (χ0v) is 14.9. The molecule has 130 valence electrons. The predicted octanol–water partition coefficient (Wildman–Crippen LogP) is 2.65. The van der Waals surface area contributed by atoms with Gasteiger partial charge in [0.1, 0.15) is 5.75 Å². The van der Waals surface area contributed by atoms with E-state index in [1.165, 1.54) is 11.3 Å². The summed E-state index contributed by atoms with van der Waals surface area (Å²) in [5.74, 6) is 0.815. The second-order valence-electron chi connectivity index (χ2n) is 6.00. The summed E-state index contributed by atoms with van der Waals surface area (Å²) >= 11 is 1.47. The lowest BCUT2D eigenvalue weighted by Crippen LogP contribution is -2.47. The summed E-state index contributed by atoms with van der Waals surface area (Å²) in [6, 6.07) is 5.78. The Labute approximate surface area is 145 Å². The molecule has 2 N–H and O–H groups in total. The smallest absolute Gasteiger partial charge is 0.234 e. The number of nitrogens with one attached hydrogen (secondary N) is 2. The van der Waals surface area contributed by atoms with Crippen LogP contribution in [0.15, 0.2) is 18.2 Å². The molecule has 2 heterocycles. The lowest BCUT2D eigenvalue weighted by atomic mass is 9.79. The van der Waals surface area contributed by atoms with Crippen LogP contribution in [0.4, 0.5) is 5.13 Å². The van der Waals surface area contributed by atoms with Gasteiger partial charge >= 0.3 is 0 Å². The van der Waals surface area contributed by atoms with Crippen LogP contribution in [0.5, 0.6) is 5.75 Å². The maximum absolute atomic E-state index is 12.8. The van der Waals surface area contributed by atoms with E-state index in [1.54, 1.807) is 7.11 Å². The van der Waals surface area contributed by atoms with E-state index in [0.717, 1.165) is 41.9 Å². The molecule has 0 bridgehead atoms. The van der Waals surface area contributed by atoms with E-state index < -0.39 is 5.41 Å². The van der Waals surface area contributed by atoms with E-state index in [4.69, 9.17) is 9.47 Å². The van der Waals surface area contributed by atoms with Crippen molar-refractivity contribution in [1.29, 1.82) is 0 Å². The van der Waals surface area contributed by atoms with E-state index in [-0.39, 0.29) is 5.91 Å². The van der Waals surface area contributed by atoms with Gasteiger partial charge in [-0.05, 0) is 51.1 Å². The molecular weight excluding hydrogens is 326 g/mol. The molecule has 3 rings (SSSR count). The summed E-state index contributed by atoms with van der Waals surface area (Å²) in [6.07, 6.45) is 1.54. The standard InChI is InChI=1S/C17H23N3O3S/c1-3-23-12-4-5-13-14(10-12)24-16(19-13)20-15(21)17(11-22-2)6-8-18-9-7-17/h4-5,10,18H,3,6-9,11H2,1-2H3,(H,19,20,21). The number of anilines is 1. The number of amides is 1. The molecule has 0 saturated carbocycles. The summed E-state index contributed by atoms with van der Waals surface area (Å²) < 4.78 is 11.8. The number of ether oxygens (including phenoxy) is 2. The number of aromatic nitrogens is 1. The number of carbonyl (C=O) groups is 1. The summed E-state index contributed by atoms with van der Waals surface area (Å²) in [7, 11) is 1.64. The fourth-order valence-electron chi connectivity index (χ4n) is 3.06. The minimum atomic E-state index is -0.478. The van der Waals surface area contributed by atoms with Gasteiger partial charge in [0.25, 0.3) is 0 Å². The highest BCUT2D eigenvalue weighted by molar-refractivity contribution is 7.22. The number of piperidine rings is 1. The zero-order valence-electron chi connectivity index (χ0n) is 14.1. The largest absolute Gasteiger partial charge is 0.494 e. The number of methoxy groups -OCH3 is 1. The highest BCUT2D eigenvalue weighted by Crippen LogP contribution is 2.33. The fraction of sp³-hybridized carbons (Fsp3) is 0.529. The average Bonchev–Trinajstić information content (AvgIpc) is 2.98. The van der Waals surface area contributed by atoms with Gasteiger partial charge in [0.15, 0.2) is 5.13 Å². The molecular formula is C17H23N3O3S. The fourth-order valence-corrected chi connectivity index (χ4v) is 3.95. The van der Waals surface area contributed by atoms with Gasteiger partial charge in [0.2, 0.25) is 5.91 Å². The van der Waals surface area contributed by atoms with Crippen molar-refractivity contribution < 1.29 is 14.3 Å². The minimum Gasteiger partial charge on any atom is -0.494 e. The van der Waals surface area contributed by atoms with E-state index in [9.17, 15) is 4.79 Å². The van der Waals surface area contributed by atoms with Crippen molar-refractivity contribution in [3.8, 4) is 5.75 Å². The number of hydrogen-bond donors (Lipinski definition) is 2. The number of thiazole rings is 1. The molecule has 1 aromatic heterocycles. The number of nitrogens with zero attached hydrogens (tertiary/aromatic N) is 1. The lowest BCUT2D eigenvalue weighted by molar-refractivity contribution is -0.130. The summed E-state index contributed by atoms with van der Waals surface area (Å²) in [5, 5.41) is 6.91. The second kappa shape index (κ2) is 7.46. The second-order valence-corrected chi connectivity index (χ2v) is 7.03. The van der Waals surface area contributed by atoms with Gasteiger partial charge < -0.3 is 20.1 Å². The molecule has 1 aromatic carbocycles. The van der Waals surface area contributed by atoms with Crippen LogP contribution in [-0.4, -0.2) is 44.3 Å². The van der Waals surface area contributed by atoms with Crippen molar-refractivity contribution in [2.75, 3.05) is 38.7 Å². The third-order valence-corrected chi connectivity index (χ3v) is 5.29. The predicted molar refractivity (Wildman–Crippen MR) is 95.8 cm³/mol. The van der Waals surface area contributed by atoms with Crippen LogP contribution in [-0.2, 0) is 9.53 Å². The first-order chi connectivity index (χ1) is 11.7. The van der Waals surface area contributed by atoms with Crippen molar-refractivity contribution >= 4 is 32.6 Å². The van der Waals surface area contributed by atoms with E-state index >= 15 is 0 Å². The number of benzene rings is 1. The van der Waals surface area contributed by atoms with Crippen LogP contribution < -0.4 is 15.4 Å². The molecule has 7 heteroatoms. The van der Waals surface area contributed by atoms with Crippen LogP contribution in [0.1, 0.15) is 19.8 Å². The first kappa shape index (κ1) is 17.1. The monoisotopic (exact) mass is 349 g/mol. The van der Waals surface area contributed by atoms with Crippen LogP contribution >= 0.6 is 11.3 Å². The van der Waals surface area contributed by atoms with Gasteiger partial charge in [-0.25, -0.2) is 4.98 Å². The highest BCUT2D eigenvalue weighted by atomic mass is 32.1. The first-order valence-electron chi connectivity index (χ1n) is 8.21. The van der Waals surface area contributed by atoms with Crippen LogP contribution in [0.25, 0.3) is 10.2 Å². The van der Waals surface area contributed by atoms with Gasteiger partial charge in [0, 0.05) is 7.11 Å². The van der Waals surface area contributed by atoms with Crippen molar-refractivity contribution in [3.63, 3.8) is 0 Å². The topological polar surface area (TPSA) is 72.5 Å². The molecule has 0 unspecified atom stereocenters. The quantitative estimate of drug-likeness (QED) is 0.839. The summed E-state index contributed by atoms with van der Waals surface area (Å²) in [5.41, 5.74) is 0.388. The summed E-state index contributed by atoms with van der Waals surface area (Å²) in [4.78, 5) is 17.4. The van der Waals surface area contributed by atoms with Crippen LogP contribution in [0.3, 0.4) is 0 Å². The minimum absolute atomic E-state index is 0.00469. The van der Waals surface area contributed by atoms with Crippen molar-refractivity contribution in [3.05, 3.63) is 18.2 Å². The Morgan fingerprint density at radius 2 is 2.21 bits per heavy atom. The maximum Gasteiger partial charge on any atom is 0.234 e. The van der Waals surface area contributed by atoms with Crippen molar-refractivity contribution in [1.82, 2.24) is 10.3 Å². The zero-order chi connectivity index (χ0) is 17.0. The van der Waals surface area contributed by atoms with E-state index in [0.29, 0.717) is 18.3 Å². The van der Waals surface area contributed by atoms with Crippen LogP contribution in [0, 0.1) is 5.41 Å². The first-order valence-corrected chi connectivity index (χ1v) is 9.03. The molecule has 2 aromatic rings. The Kier molecular flexibility index (Phi) is 5.33. The molecule has 1 aliphatic rings. The number of rotatable bonds is 6. The Balaban J connectivity index is 1.78. The van der Waals surface area contributed by atoms with E-state index in [2.05, 4.69) is 15.6 Å². The SMILES string of the molecule is CCOc1ccc2nc(NC(=O)C3(COC)CCNCC3)sc2c1. The van der Waals surface area contributed by atoms with Gasteiger partial charge in [-0.2, -0.15) is 0 Å². The molecule has 24 heavy (non-hydrogen) atoms. The third-order valence-electron chi connectivity index (χ3n) is 4.35. The molecule has 0 aliphatic carbocycles. The Morgan fingerprint density at radius 3 is 2.92 bits per heavy atom. The van der Waals surface area contributed by atoms with Crippen LogP contribution in [0.2, 0.25) is 0 Å². The Morgan fingerprint density at radius 1 is 1.42 bits per heavy atom. The maximum atomic E-state index is 12.8. The van der Waals surface area contributed by atoms with Gasteiger partial charge in [0.05, 0.1) is 28.8 Å². The van der Waals surface area contributed by atoms with Crippen molar-refractivity contribution in [2.45, 2.75) is 19.8 Å². The Bertz CT molecular complexity index is 705. The molecule has 1 amide bonds. The number of carbonyl (C=O) groups excluding carboxylic acids is 1. The lowest BCUT2D eigenvalue weighted by Gasteiger charge is -2.35. The Hall–Kier alpha value is -1.70. The molecule has 1 saturated heterocycles. The molecule has 0 spiro atoms. The summed E-state index contributed by atoms with van der Waals surface area (Å²) in [6.45, 7) is 4.67. The molecule has 1 fully saturated rings. The number of hydrogen-bond acceptors (Lipinski definition) is 6. The van der Waals surface area contributed by atoms with Gasteiger partial charge in [-0.3, -0.25) is 4.79 Å². The molecule has 0 atom stereocenters. The molecule has 0 radical (unpaired) electrons. The normalized spacial score (nSPS) is 16.9. The van der Waals surface area contributed by atoms with Gasteiger partial charge in [-0.15, -0.1) is 0 Å². The third kappa shape index (κ3) is 3.53.